The zero-order valence-electron chi connectivity index (χ0n) is 12.5. The van der Waals surface area contributed by atoms with Crippen molar-refractivity contribution in [3.63, 3.8) is 0 Å². The number of nitrogens with one attached hydrogen (secondary N) is 1. The average Bonchev–Trinajstić information content (AvgIpc) is 2.83. The van der Waals surface area contributed by atoms with Crippen LogP contribution in [0.3, 0.4) is 0 Å². The standard InChI is InChI=1S/C17H19BrClN3/c1-12-9-22(10-13-5-3-2-4-6-13)11-16(12)21-17-15(19)7-14(18)8-20-17/h2-8,12,16H,9-11H2,1H3,(H,20,21). The van der Waals surface area contributed by atoms with Crippen molar-refractivity contribution in [2.75, 3.05) is 18.4 Å². The Balaban J connectivity index is 1.63. The molecule has 0 saturated carbocycles. The van der Waals surface area contributed by atoms with Gasteiger partial charge in [0.1, 0.15) is 5.82 Å². The third kappa shape index (κ3) is 3.80. The lowest BCUT2D eigenvalue weighted by molar-refractivity contribution is 0.319. The highest BCUT2D eigenvalue weighted by molar-refractivity contribution is 9.10. The molecule has 0 radical (unpaired) electrons. The molecular formula is C17H19BrClN3. The number of rotatable bonds is 4. The zero-order chi connectivity index (χ0) is 15.5. The highest BCUT2D eigenvalue weighted by Crippen LogP contribution is 2.27. The number of hydrogen-bond acceptors (Lipinski definition) is 3. The van der Waals surface area contributed by atoms with E-state index in [1.165, 1.54) is 5.56 Å². The molecule has 1 aromatic carbocycles. The molecular weight excluding hydrogens is 362 g/mol. The summed E-state index contributed by atoms with van der Waals surface area (Å²) in [4.78, 5) is 6.85. The molecule has 0 spiro atoms. The van der Waals surface area contributed by atoms with Crippen LogP contribution in [0.2, 0.25) is 5.02 Å². The zero-order valence-corrected chi connectivity index (χ0v) is 14.8. The number of halogens is 2. The average molecular weight is 381 g/mol. The molecule has 0 aliphatic carbocycles. The molecule has 0 amide bonds. The van der Waals surface area contributed by atoms with Crippen molar-refractivity contribution in [2.45, 2.75) is 19.5 Å². The summed E-state index contributed by atoms with van der Waals surface area (Å²) in [6.07, 6.45) is 1.77. The maximum atomic E-state index is 6.25. The minimum absolute atomic E-state index is 0.370. The largest absolute Gasteiger partial charge is 0.364 e. The van der Waals surface area contributed by atoms with E-state index in [2.05, 4.69) is 68.4 Å². The molecule has 1 N–H and O–H groups in total. The van der Waals surface area contributed by atoms with Crippen molar-refractivity contribution in [3.05, 3.63) is 57.7 Å². The number of pyridine rings is 1. The van der Waals surface area contributed by atoms with Crippen LogP contribution in [0.25, 0.3) is 0 Å². The number of anilines is 1. The highest BCUT2D eigenvalue weighted by Gasteiger charge is 2.30. The molecule has 1 aliphatic rings. The van der Waals surface area contributed by atoms with E-state index in [4.69, 9.17) is 11.6 Å². The van der Waals surface area contributed by atoms with Crippen LogP contribution in [0, 0.1) is 5.92 Å². The van der Waals surface area contributed by atoms with Crippen LogP contribution < -0.4 is 5.32 Å². The third-order valence-corrected chi connectivity index (χ3v) is 4.79. The topological polar surface area (TPSA) is 28.2 Å². The molecule has 0 bridgehead atoms. The van der Waals surface area contributed by atoms with Gasteiger partial charge in [0.05, 0.1) is 5.02 Å². The number of aromatic nitrogens is 1. The van der Waals surface area contributed by atoms with Crippen molar-refractivity contribution in [2.24, 2.45) is 5.92 Å². The Kier molecular flexibility index (Phi) is 5.01. The maximum absolute atomic E-state index is 6.25. The SMILES string of the molecule is CC1CN(Cc2ccccc2)CC1Nc1ncc(Br)cc1Cl. The van der Waals surface area contributed by atoms with Crippen molar-refractivity contribution >= 4 is 33.3 Å². The fourth-order valence-electron chi connectivity index (χ4n) is 2.92. The Morgan fingerprint density at radius 1 is 1.32 bits per heavy atom. The molecule has 3 nitrogen and oxygen atoms in total. The van der Waals surface area contributed by atoms with Crippen LogP contribution in [0.5, 0.6) is 0 Å². The number of hydrogen-bond donors (Lipinski definition) is 1. The first kappa shape index (κ1) is 15.8. The summed E-state index contributed by atoms with van der Waals surface area (Å²) in [5.41, 5.74) is 1.36. The van der Waals surface area contributed by atoms with Crippen LogP contribution in [-0.4, -0.2) is 29.0 Å². The van der Waals surface area contributed by atoms with Crippen molar-refractivity contribution in [3.8, 4) is 0 Å². The summed E-state index contributed by atoms with van der Waals surface area (Å²) < 4.78 is 0.897. The number of benzene rings is 1. The van der Waals surface area contributed by atoms with Crippen LogP contribution in [0.15, 0.2) is 47.1 Å². The highest BCUT2D eigenvalue weighted by atomic mass is 79.9. The predicted octanol–water partition coefficient (Wildman–Crippen LogP) is 4.43. The third-order valence-electron chi connectivity index (χ3n) is 4.07. The minimum atomic E-state index is 0.370. The minimum Gasteiger partial charge on any atom is -0.364 e. The van der Waals surface area contributed by atoms with E-state index >= 15 is 0 Å². The van der Waals surface area contributed by atoms with Crippen molar-refractivity contribution in [1.29, 1.82) is 0 Å². The molecule has 1 aromatic heterocycles. The Bertz CT molecular complexity index is 635. The Hall–Kier alpha value is -1.10. The van der Waals surface area contributed by atoms with Gasteiger partial charge in [0.15, 0.2) is 0 Å². The van der Waals surface area contributed by atoms with Crippen LogP contribution in [-0.2, 0) is 6.54 Å². The molecule has 2 atom stereocenters. The van der Waals surface area contributed by atoms with Crippen molar-refractivity contribution < 1.29 is 0 Å². The maximum Gasteiger partial charge on any atom is 0.145 e. The van der Waals surface area contributed by atoms with Gasteiger partial charge in [-0.3, -0.25) is 4.90 Å². The number of nitrogens with zero attached hydrogens (tertiary/aromatic N) is 2. The Morgan fingerprint density at radius 3 is 2.82 bits per heavy atom. The normalized spacial score (nSPS) is 22.0. The fraction of sp³-hybridized carbons (Fsp3) is 0.353. The molecule has 116 valence electrons. The molecule has 1 fully saturated rings. The first-order chi connectivity index (χ1) is 10.6. The lowest BCUT2D eigenvalue weighted by atomic mass is 10.1. The van der Waals surface area contributed by atoms with Gasteiger partial charge in [0, 0.05) is 36.3 Å². The first-order valence-corrected chi connectivity index (χ1v) is 8.63. The lowest BCUT2D eigenvalue weighted by Gasteiger charge is -2.18. The second-order valence-electron chi connectivity index (χ2n) is 5.89. The van der Waals surface area contributed by atoms with Gasteiger partial charge in [0.2, 0.25) is 0 Å². The first-order valence-electron chi connectivity index (χ1n) is 7.45. The summed E-state index contributed by atoms with van der Waals surface area (Å²) in [6, 6.07) is 12.8. The summed E-state index contributed by atoms with van der Waals surface area (Å²) >= 11 is 9.64. The second-order valence-corrected chi connectivity index (χ2v) is 7.21. The van der Waals surface area contributed by atoms with E-state index in [9.17, 15) is 0 Å². The monoisotopic (exact) mass is 379 g/mol. The van der Waals surface area contributed by atoms with Gasteiger partial charge in [-0.1, -0.05) is 48.9 Å². The van der Waals surface area contributed by atoms with Gasteiger partial charge >= 0.3 is 0 Å². The lowest BCUT2D eigenvalue weighted by Crippen LogP contribution is -2.28. The van der Waals surface area contributed by atoms with Crippen LogP contribution >= 0.6 is 27.5 Å². The van der Waals surface area contributed by atoms with Crippen LogP contribution in [0.4, 0.5) is 5.82 Å². The quantitative estimate of drug-likeness (QED) is 0.850. The van der Waals surface area contributed by atoms with Crippen LogP contribution in [0.1, 0.15) is 12.5 Å². The van der Waals surface area contributed by atoms with E-state index < -0.39 is 0 Å². The van der Waals surface area contributed by atoms with Gasteiger partial charge in [0.25, 0.3) is 0 Å². The van der Waals surface area contributed by atoms with E-state index in [0.717, 1.165) is 29.9 Å². The smallest absolute Gasteiger partial charge is 0.145 e. The van der Waals surface area contributed by atoms with Gasteiger partial charge in [-0.15, -0.1) is 0 Å². The molecule has 22 heavy (non-hydrogen) atoms. The van der Waals surface area contributed by atoms with Crippen molar-refractivity contribution in [1.82, 2.24) is 9.88 Å². The van der Waals surface area contributed by atoms with E-state index in [1.807, 2.05) is 6.07 Å². The van der Waals surface area contributed by atoms with E-state index in [0.29, 0.717) is 17.0 Å². The van der Waals surface area contributed by atoms with Gasteiger partial charge in [-0.25, -0.2) is 4.98 Å². The Morgan fingerprint density at radius 2 is 2.09 bits per heavy atom. The molecule has 3 rings (SSSR count). The number of likely N-dealkylation sites (tertiary alicyclic amines) is 1. The van der Waals surface area contributed by atoms with Gasteiger partial charge < -0.3 is 5.32 Å². The molecule has 1 saturated heterocycles. The summed E-state index contributed by atoms with van der Waals surface area (Å²) in [5, 5.41) is 4.15. The van der Waals surface area contributed by atoms with Gasteiger partial charge in [-0.2, -0.15) is 0 Å². The van der Waals surface area contributed by atoms with Gasteiger partial charge in [-0.05, 0) is 33.5 Å². The Labute approximate surface area is 144 Å². The molecule has 5 heteroatoms. The molecule has 1 aliphatic heterocycles. The molecule has 2 aromatic rings. The second kappa shape index (κ2) is 6.99. The summed E-state index contributed by atoms with van der Waals surface area (Å²) in [6.45, 7) is 5.35. The summed E-state index contributed by atoms with van der Waals surface area (Å²) in [7, 11) is 0. The predicted molar refractivity (Wildman–Crippen MR) is 95.2 cm³/mol. The van der Waals surface area contributed by atoms with E-state index in [1.54, 1.807) is 6.20 Å². The molecule has 2 heterocycles. The summed E-state index contributed by atoms with van der Waals surface area (Å²) in [5.74, 6) is 1.33. The molecule has 2 unspecified atom stereocenters. The van der Waals surface area contributed by atoms with E-state index in [-0.39, 0.29) is 0 Å². The fourth-order valence-corrected chi connectivity index (χ4v) is 3.61.